The molecule has 2 atom stereocenters. The third kappa shape index (κ3) is 3.46. The molecule has 128 valence electrons. The molecular formula is C16H20ClN5O2. The van der Waals surface area contributed by atoms with Gasteiger partial charge in [0, 0.05) is 24.2 Å². The molecule has 1 amide bonds. The third-order valence-corrected chi connectivity index (χ3v) is 4.46. The molecule has 3 rings (SSSR count). The van der Waals surface area contributed by atoms with E-state index < -0.39 is 0 Å². The van der Waals surface area contributed by atoms with Crippen LogP contribution in [0, 0.1) is 0 Å². The van der Waals surface area contributed by atoms with Gasteiger partial charge in [0.15, 0.2) is 0 Å². The molecule has 0 spiro atoms. The highest BCUT2D eigenvalue weighted by Crippen LogP contribution is 2.33. The van der Waals surface area contributed by atoms with Crippen molar-refractivity contribution in [2.24, 2.45) is 0 Å². The van der Waals surface area contributed by atoms with Crippen molar-refractivity contribution < 1.29 is 9.53 Å². The zero-order valence-corrected chi connectivity index (χ0v) is 14.4. The van der Waals surface area contributed by atoms with Crippen molar-refractivity contribution in [2.45, 2.75) is 25.4 Å². The fourth-order valence-corrected chi connectivity index (χ4v) is 3.03. The number of ether oxygens (including phenoxy) is 1. The molecule has 0 bridgehead atoms. The van der Waals surface area contributed by atoms with Gasteiger partial charge in [-0.3, -0.25) is 4.79 Å². The topological polar surface area (TPSA) is 72.3 Å². The van der Waals surface area contributed by atoms with Crippen LogP contribution < -0.4 is 15.0 Å². The molecule has 1 aliphatic rings. The summed E-state index contributed by atoms with van der Waals surface area (Å²) in [6, 6.07) is 5.24. The second-order valence-corrected chi connectivity index (χ2v) is 6.24. The summed E-state index contributed by atoms with van der Waals surface area (Å²) >= 11 is 6.10. The Hall–Kier alpha value is -2.28. The number of hydrogen-bond donors (Lipinski definition) is 1. The van der Waals surface area contributed by atoms with Crippen molar-refractivity contribution in [1.82, 2.24) is 20.1 Å². The van der Waals surface area contributed by atoms with Gasteiger partial charge in [0.05, 0.1) is 12.8 Å². The summed E-state index contributed by atoms with van der Waals surface area (Å²) in [6.07, 6.45) is 3.83. The smallest absolute Gasteiger partial charge is 0.244 e. The van der Waals surface area contributed by atoms with E-state index in [2.05, 4.69) is 20.3 Å². The lowest BCUT2D eigenvalue weighted by atomic mass is 10.2. The van der Waals surface area contributed by atoms with Crippen molar-refractivity contribution >= 4 is 23.2 Å². The number of nitrogens with zero attached hydrogens (tertiary/aromatic N) is 4. The molecule has 1 aromatic heterocycles. The van der Waals surface area contributed by atoms with Crippen LogP contribution in [-0.4, -0.2) is 46.9 Å². The van der Waals surface area contributed by atoms with Crippen molar-refractivity contribution in [1.29, 1.82) is 0 Å². The van der Waals surface area contributed by atoms with Crippen molar-refractivity contribution in [3.05, 3.63) is 35.9 Å². The second-order valence-electron chi connectivity index (χ2n) is 5.81. The van der Waals surface area contributed by atoms with E-state index in [9.17, 15) is 4.79 Å². The molecule has 1 N–H and O–H groups in total. The molecule has 1 fully saturated rings. The van der Waals surface area contributed by atoms with E-state index in [1.54, 1.807) is 31.1 Å². The largest absolute Gasteiger partial charge is 0.495 e. The van der Waals surface area contributed by atoms with Crippen LogP contribution in [0.1, 0.15) is 19.4 Å². The lowest BCUT2D eigenvalue weighted by Gasteiger charge is -2.22. The summed E-state index contributed by atoms with van der Waals surface area (Å²) in [7, 11) is 1.64. The van der Waals surface area contributed by atoms with Gasteiger partial charge in [0.1, 0.15) is 24.4 Å². The fraction of sp³-hybridized carbons (Fsp3) is 0.438. The zero-order valence-electron chi connectivity index (χ0n) is 13.6. The van der Waals surface area contributed by atoms with E-state index in [4.69, 9.17) is 16.3 Å². The van der Waals surface area contributed by atoms with Crippen LogP contribution in [0.25, 0.3) is 0 Å². The molecule has 0 saturated carbocycles. The first-order chi connectivity index (χ1) is 11.6. The predicted octanol–water partition coefficient (Wildman–Crippen LogP) is 1.90. The van der Waals surface area contributed by atoms with Gasteiger partial charge >= 0.3 is 0 Å². The van der Waals surface area contributed by atoms with Crippen LogP contribution in [0.5, 0.6) is 5.75 Å². The van der Waals surface area contributed by atoms with Gasteiger partial charge in [-0.1, -0.05) is 11.6 Å². The van der Waals surface area contributed by atoms with Crippen LogP contribution in [0.4, 0.5) is 5.69 Å². The molecule has 0 radical (unpaired) electrons. The Labute approximate surface area is 145 Å². The van der Waals surface area contributed by atoms with E-state index in [-0.39, 0.29) is 18.0 Å². The lowest BCUT2D eigenvalue weighted by molar-refractivity contribution is -0.124. The Morgan fingerprint density at radius 2 is 2.33 bits per heavy atom. The summed E-state index contributed by atoms with van der Waals surface area (Å²) in [6.45, 7) is 3.35. The van der Waals surface area contributed by atoms with Gasteiger partial charge in [-0.2, -0.15) is 5.10 Å². The number of carbonyl (C=O) groups excluding carboxylic acids is 1. The monoisotopic (exact) mass is 349 g/mol. The average Bonchev–Trinajstić information content (AvgIpc) is 3.26. The zero-order chi connectivity index (χ0) is 17.1. The first kappa shape index (κ1) is 16.6. The number of carbonyl (C=O) groups is 1. The van der Waals surface area contributed by atoms with Crippen molar-refractivity contribution in [3.63, 3.8) is 0 Å². The highest BCUT2D eigenvalue weighted by molar-refractivity contribution is 6.30. The first-order valence-electron chi connectivity index (χ1n) is 7.81. The van der Waals surface area contributed by atoms with Gasteiger partial charge in [0.2, 0.25) is 5.91 Å². The van der Waals surface area contributed by atoms with E-state index in [1.807, 2.05) is 12.1 Å². The Morgan fingerprint density at radius 1 is 1.50 bits per heavy atom. The summed E-state index contributed by atoms with van der Waals surface area (Å²) in [5, 5.41) is 7.75. The molecular weight excluding hydrogens is 330 g/mol. The second kappa shape index (κ2) is 7.09. The maximum absolute atomic E-state index is 12.4. The molecule has 1 aliphatic heterocycles. The van der Waals surface area contributed by atoms with Crippen molar-refractivity contribution in [3.8, 4) is 5.75 Å². The minimum Gasteiger partial charge on any atom is -0.495 e. The molecule has 24 heavy (non-hydrogen) atoms. The van der Waals surface area contributed by atoms with Gasteiger partial charge in [-0.15, -0.1) is 0 Å². The van der Waals surface area contributed by atoms with E-state index in [0.717, 1.165) is 24.4 Å². The number of aromatic nitrogens is 3. The Balaban J connectivity index is 1.63. The molecule has 7 nitrogen and oxygen atoms in total. The van der Waals surface area contributed by atoms with Crippen LogP contribution in [-0.2, 0) is 4.79 Å². The maximum atomic E-state index is 12.4. The Morgan fingerprint density at radius 3 is 3.04 bits per heavy atom. The molecule has 0 unspecified atom stereocenters. The molecule has 1 aromatic carbocycles. The van der Waals surface area contributed by atoms with E-state index in [0.29, 0.717) is 11.6 Å². The number of nitrogens with one attached hydrogen (secondary N) is 1. The highest BCUT2D eigenvalue weighted by atomic mass is 35.5. The number of rotatable bonds is 5. The third-order valence-electron chi connectivity index (χ3n) is 4.23. The van der Waals surface area contributed by atoms with Crippen LogP contribution in [0.15, 0.2) is 30.9 Å². The first-order valence-corrected chi connectivity index (χ1v) is 8.19. The number of hydrogen-bond acceptors (Lipinski definition) is 5. The molecule has 2 heterocycles. The summed E-state index contributed by atoms with van der Waals surface area (Å²) in [4.78, 5) is 18.4. The molecule has 0 aliphatic carbocycles. The lowest BCUT2D eigenvalue weighted by Crippen LogP contribution is -2.40. The standard InChI is InChI=1S/C16H20ClN5O2/c1-11(22-10-18-9-19-22)16(23)20-13-5-6-21(8-13)14-7-12(17)3-4-15(14)24-2/h3-4,7,9-11,13H,5-6,8H2,1-2H3,(H,20,23)/t11-,13+/m1/s1. The SMILES string of the molecule is COc1ccc(Cl)cc1N1CC[C@H](NC(=O)[C@@H](C)n2cncn2)C1. The summed E-state index contributed by atoms with van der Waals surface area (Å²) in [5.74, 6) is 0.716. The van der Waals surface area contributed by atoms with Gasteiger partial charge in [-0.05, 0) is 31.5 Å². The maximum Gasteiger partial charge on any atom is 0.244 e. The predicted molar refractivity (Wildman–Crippen MR) is 91.5 cm³/mol. The van der Waals surface area contributed by atoms with Crippen molar-refractivity contribution in [2.75, 3.05) is 25.1 Å². The van der Waals surface area contributed by atoms with Crippen LogP contribution in [0.3, 0.4) is 0 Å². The number of anilines is 1. The highest BCUT2D eigenvalue weighted by Gasteiger charge is 2.27. The number of methoxy groups -OCH3 is 1. The number of benzene rings is 1. The minimum atomic E-state index is -0.387. The number of halogens is 1. The average molecular weight is 350 g/mol. The van der Waals surface area contributed by atoms with Gasteiger partial charge in [-0.25, -0.2) is 9.67 Å². The Kier molecular flexibility index (Phi) is 4.89. The number of amides is 1. The van der Waals surface area contributed by atoms with E-state index >= 15 is 0 Å². The molecule has 1 saturated heterocycles. The summed E-state index contributed by atoms with van der Waals surface area (Å²) in [5.41, 5.74) is 0.950. The van der Waals surface area contributed by atoms with E-state index in [1.165, 1.54) is 6.33 Å². The molecule has 8 heteroatoms. The van der Waals surface area contributed by atoms with Crippen LogP contribution in [0.2, 0.25) is 5.02 Å². The van der Waals surface area contributed by atoms with Gasteiger partial charge in [0.25, 0.3) is 0 Å². The quantitative estimate of drug-likeness (QED) is 0.892. The fourth-order valence-electron chi connectivity index (χ4n) is 2.87. The minimum absolute atomic E-state index is 0.0644. The molecule has 2 aromatic rings. The summed E-state index contributed by atoms with van der Waals surface area (Å²) < 4.78 is 6.95. The van der Waals surface area contributed by atoms with Crippen LogP contribution >= 0.6 is 11.6 Å². The Bertz CT molecular complexity index is 706. The normalized spacial score (nSPS) is 18.5. The van der Waals surface area contributed by atoms with Gasteiger partial charge < -0.3 is 15.0 Å².